The first-order valence-corrected chi connectivity index (χ1v) is 7.24. The predicted molar refractivity (Wildman–Crippen MR) is 83.5 cm³/mol. The van der Waals surface area contributed by atoms with Crippen LogP contribution in [0.1, 0.15) is 31.1 Å². The molecule has 1 atom stereocenters. The maximum atomic E-state index is 12.4. The van der Waals surface area contributed by atoms with Crippen molar-refractivity contribution in [2.24, 2.45) is 5.92 Å². The van der Waals surface area contributed by atoms with Gasteiger partial charge in [0.05, 0.1) is 5.57 Å². The molecular weight excluding hydrogens is 260 g/mol. The quantitative estimate of drug-likeness (QED) is 0.778. The van der Waals surface area contributed by atoms with Crippen molar-refractivity contribution in [3.8, 4) is 0 Å². The van der Waals surface area contributed by atoms with Gasteiger partial charge in [-0.05, 0) is 22.6 Å². The molecule has 1 aliphatic heterocycles. The van der Waals surface area contributed by atoms with Crippen LogP contribution in [-0.2, 0) is 9.53 Å². The molecule has 1 heterocycles. The summed E-state index contributed by atoms with van der Waals surface area (Å²) in [5.74, 6) is 0.0237. The second kappa shape index (κ2) is 5.57. The van der Waals surface area contributed by atoms with E-state index in [-0.39, 0.29) is 18.0 Å². The van der Waals surface area contributed by atoms with Gasteiger partial charge < -0.3 is 4.74 Å². The standard InChI is InChI=1S/C19H18O2/c1-13(2)16-17(14-9-5-3-6-10-14)19(20)21-18(16)15-11-7-4-8-12-15/h3-13,18H,1-2H3. The second-order valence-corrected chi connectivity index (χ2v) is 5.55. The maximum absolute atomic E-state index is 12.4. The Hall–Kier alpha value is -2.35. The van der Waals surface area contributed by atoms with Crippen molar-refractivity contribution in [3.63, 3.8) is 0 Å². The number of carbonyl (C=O) groups is 1. The van der Waals surface area contributed by atoms with Gasteiger partial charge in [0.15, 0.2) is 0 Å². The van der Waals surface area contributed by atoms with Gasteiger partial charge in [0.1, 0.15) is 6.10 Å². The summed E-state index contributed by atoms with van der Waals surface area (Å²) in [5.41, 5.74) is 3.75. The van der Waals surface area contributed by atoms with Crippen molar-refractivity contribution in [1.29, 1.82) is 0 Å². The summed E-state index contributed by atoms with van der Waals surface area (Å²) in [6, 6.07) is 19.7. The molecule has 0 bridgehead atoms. The summed E-state index contributed by atoms with van der Waals surface area (Å²) < 4.78 is 5.68. The van der Waals surface area contributed by atoms with Crippen LogP contribution in [-0.4, -0.2) is 5.97 Å². The fourth-order valence-electron chi connectivity index (χ4n) is 2.83. The lowest BCUT2D eigenvalue weighted by Gasteiger charge is -2.17. The topological polar surface area (TPSA) is 26.3 Å². The molecule has 0 saturated heterocycles. The molecular formula is C19H18O2. The van der Waals surface area contributed by atoms with Crippen molar-refractivity contribution < 1.29 is 9.53 Å². The maximum Gasteiger partial charge on any atom is 0.339 e. The number of cyclic esters (lactones) is 1. The van der Waals surface area contributed by atoms with E-state index in [1.165, 1.54) is 0 Å². The van der Waals surface area contributed by atoms with Crippen LogP contribution in [0.15, 0.2) is 66.2 Å². The number of hydrogen-bond donors (Lipinski definition) is 0. The van der Waals surface area contributed by atoms with Crippen LogP contribution >= 0.6 is 0 Å². The first kappa shape index (κ1) is 13.6. The minimum Gasteiger partial charge on any atom is -0.449 e. The molecule has 106 valence electrons. The summed E-state index contributed by atoms with van der Waals surface area (Å²) in [6.45, 7) is 4.21. The van der Waals surface area contributed by atoms with Crippen molar-refractivity contribution in [2.75, 3.05) is 0 Å². The molecule has 2 nitrogen and oxygen atoms in total. The SMILES string of the molecule is CC(C)C1=C(c2ccccc2)C(=O)OC1c1ccccc1. The van der Waals surface area contributed by atoms with Crippen LogP contribution in [0.4, 0.5) is 0 Å². The van der Waals surface area contributed by atoms with Crippen LogP contribution in [0.2, 0.25) is 0 Å². The predicted octanol–water partition coefficient (Wildman–Crippen LogP) is 4.39. The van der Waals surface area contributed by atoms with E-state index in [2.05, 4.69) is 13.8 Å². The Morgan fingerprint density at radius 1 is 0.905 bits per heavy atom. The molecule has 0 N–H and O–H groups in total. The molecule has 2 aromatic rings. The van der Waals surface area contributed by atoms with E-state index >= 15 is 0 Å². The van der Waals surface area contributed by atoms with E-state index in [9.17, 15) is 4.79 Å². The normalized spacial score (nSPS) is 18.2. The van der Waals surface area contributed by atoms with Gasteiger partial charge >= 0.3 is 5.97 Å². The van der Waals surface area contributed by atoms with Crippen LogP contribution in [0, 0.1) is 5.92 Å². The third-order valence-corrected chi connectivity index (χ3v) is 3.79. The van der Waals surface area contributed by atoms with E-state index in [1.807, 2.05) is 60.7 Å². The van der Waals surface area contributed by atoms with Crippen LogP contribution in [0.3, 0.4) is 0 Å². The number of esters is 1. The average molecular weight is 278 g/mol. The zero-order valence-corrected chi connectivity index (χ0v) is 12.2. The van der Waals surface area contributed by atoms with Crippen LogP contribution < -0.4 is 0 Å². The molecule has 3 rings (SSSR count). The van der Waals surface area contributed by atoms with Gasteiger partial charge in [-0.3, -0.25) is 0 Å². The van der Waals surface area contributed by atoms with Crippen molar-refractivity contribution in [3.05, 3.63) is 77.4 Å². The lowest BCUT2D eigenvalue weighted by molar-refractivity contribution is -0.138. The molecule has 0 aliphatic carbocycles. The molecule has 0 fully saturated rings. The minimum atomic E-state index is -0.270. The smallest absolute Gasteiger partial charge is 0.339 e. The van der Waals surface area contributed by atoms with Crippen LogP contribution in [0.25, 0.3) is 5.57 Å². The van der Waals surface area contributed by atoms with E-state index in [0.29, 0.717) is 0 Å². The minimum absolute atomic E-state index is 0.223. The van der Waals surface area contributed by atoms with Crippen molar-refractivity contribution >= 4 is 11.5 Å². The highest BCUT2D eigenvalue weighted by Gasteiger charge is 2.36. The molecule has 2 heteroatoms. The number of ether oxygens (including phenoxy) is 1. The lowest BCUT2D eigenvalue weighted by Crippen LogP contribution is -2.06. The average Bonchev–Trinajstić information content (AvgIpc) is 2.87. The summed E-state index contributed by atoms with van der Waals surface area (Å²) in [6.07, 6.45) is -0.270. The number of carbonyl (C=O) groups excluding carboxylic acids is 1. The summed E-state index contributed by atoms with van der Waals surface area (Å²) in [4.78, 5) is 12.4. The Labute approximate surface area is 125 Å². The third-order valence-electron chi connectivity index (χ3n) is 3.79. The zero-order chi connectivity index (χ0) is 14.8. The summed E-state index contributed by atoms with van der Waals surface area (Å²) in [5, 5.41) is 0. The Balaban J connectivity index is 2.14. The highest BCUT2D eigenvalue weighted by atomic mass is 16.5. The van der Waals surface area contributed by atoms with Crippen molar-refractivity contribution in [2.45, 2.75) is 20.0 Å². The fourth-order valence-corrected chi connectivity index (χ4v) is 2.83. The zero-order valence-electron chi connectivity index (χ0n) is 12.2. The Bertz CT molecular complexity index is 669. The molecule has 21 heavy (non-hydrogen) atoms. The third kappa shape index (κ3) is 2.49. The van der Waals surface area contributed by atoms with E-state index in [4.69, 9.17) is 4.74 Å². The van der Waals surface area contributed by atoms with Gasteiger partial charge in [-0.25, -0.2) is 4.79 Å². The number of benzene rings is 2. The molecule has 0 spiro atoms. The van der Waals surface area contributed by atoms with Crippen LogP contribution in [0.5, 0.6) is 0 Å². The van der Waals surface area contributed by atoms with Gasteiger partial charge in [-0.2, -0.15) is 0 Å². The molecule has 0 saturated carbocycles. The van der Waals surface area contributed by atoms with E-state index < -0.39 is 0 Å². The van der Waals surface area contributed by atoms with E-state index in [1.54, 1.807) is 0 Å². The molecule has 1 unspecified atom stereocenters. The largest absolute Gasteiger partial charge is 0.449 e. The van der Waals surface area contributed by atoms with Gasteiger partial charge in [-0.15, -0.1) is 0 Å². The summed E-state index contributed by atoms with van der Waals surface area (Å²) >= 11 is 0. The molecule has 0 amide bonds. The molecule has 0 aromatic heterocycles. The highest BCUT2D eigenvalue weighted by molar-refractivity contribution is 6.19. The molecule has 2 aromatic carbocycles. The second-order valence-electron chi connectivity index (χ2n) is 5.55. The first-order chi connectivity index (χ1) is 10.2. The molecule has 0 radical (unpaired) electrons. The number of rotatable bonds is 3. The number of hydrogen-bond acceptors (Lipinski definition) is 2. The highest BCUT2D eigenvalue weighted by Crippen LogP contribution is 2.43. The van der Waals surface area contributed by atoms with Gasteiger partial charge in [0, 0.05) is 0 Å². The summed E-state index contributed by atoms with van der Waals surface area (Å²) in [7, 11) is 0. The van der Waals surface area contributed by atoms with Crippen molar-refractivity contribution in [1.82, 2.24) is 0 Å². The van der Waals surface area contributed by atoms with Gasteiger partial charge in [-0.1, -0.05) is 74.5 Å². The first-order valence-electron chi connectivity index (χ1n) is 7.24. The van der Waals surface area contributed by atoms with E-state index in [0.717, 1.165) is 22.3 Å². The Morgan fingerprint density at radius 2 is 1.48 bits per heavy atom. The molecule has 1 aliphatic rings. The van der Waals surface area contributed by atoms with Gasteiger partial charge in [0.25, 0.3) is 0 Å². The Kier molecular flexibility index (Phi) is 3.61. The lowest BCUT2D eigenvalue weighted by atomic mass is 9.88. The van der Waals surface area contributed by atoms with Gasteiger partial charge in [0.2, 0.25) is 0 Å². The fraction of sp³-hybridized carbons (Fsp3) is 0.211. The Morgan fingerprint density at radius 3 is 2.05 bits per heavy atom. The monoisotopic (exact) mass is 278 g/mol.